The normalized spacial score (nSPS) is 22.6. The number of hydrogen-bond donors (Lipinski definition) is 9. The van der Waals surface area contributed by atoms with Gasteiger partial charge in [-0.15, -0.1) is 0 Å². The molecule has 92 heavy (non-hydrogen) atoms. The van der Waals surface area contributed by atoms with E-state index in [1.165, 1.54) is 321 Å². The van der Waals surface area contributed by atoms with Crippen molar-refractivity contribution in [1.82, 2.24) is 5.32 Å². The van der Waals surface area contributed by atoms with Gasteiger partial charge in [0, 0.05) is 6.42 Å². The quantitative estimate of drug-likeness (QED) is 0.0204. The lowest BCUT2D eigenvalue weighted by Gasteiger charge is -2.46. The number of rotatable bonds is 68. The van der Waals surface area contributed by atoms with Crippen LogP contribution in [0.2, 0.25) is 0 Å². The number of nitrogens with one attached hydrogen (secondary N) is 1. The van der Waals surface area contributed by atoms with Gasteiger partial charge in [-0.1, -0.05) is 373 Å². The molecule has 12 atom stereocenters. The monoisotopic (exact) mass is 1310 g/mol. The molecule has 2 saturated heterocycles. The van der Waals surface area contributed by atoms with E-state index in [2.05, 4.69) is 19.2 Å². The Labute approximate surface area is 565 Å². The van der Waals surface area contributed by atoms with Gasteiger partial charge in [0.15, 0.2) is 12.6 Å². The molecule has 14 heteroatoms. The first-order valence-corrected chi connectivity index (χ1v) is 39.9. The fourth-order valence-electron chi connectivity index (χ4n) is 13.7. The number of aliphatic hydroxyl groups excluding tert-OH is 8. The van der Waals surface area contributed by atoms with E-state index in [0.29, 0.717) is 0 Å². The van der Waals surface area contributed by atoms with Gasteiger partial charge < -0.3 is 65.1 Å². The molecule has 546 valence electrons. The van der Waals surface area contributed by atoms with E-state index in [4.69, 9.17) is 18.9 Å². The predicted octanol–water partition coefficient (Wildman–Crippen LogP) is 17.7. The number of ether oxygens (including phenoxy) is 4. The van der Waals surface area contributed by atoms with Crippen LogP contribution in [0.5, 0.6) is 0 Å². The summed E-state index contributed by atoms with van der Waals surface area (Å²) in [6, 6.07) is -0.912. The molecule has 0 aromatic heterocycles. The number of allylic oxidation sites excluding steroid dienone is 1. The fraction of sp³-hybridized carbons (Fsp3) is 0.962. The van der Waals surface area contributed by atoms with Gasteiger partial charge in [0.1, 0.15) is 48.8 Å². The highest BCUT2D eigenvalue weighted by molar-refractivity contribution is 5.76. The largest absolute Gasteiger partial charge is 0.394 e. The Bertz CT molecular complexity index is 1590. The number of aliphatic hydroxyl groups is 8. The Balaban J connectivity index is 1.62. The SMILES string of the molecule is CCCCCCCCCCCCCCCCCCCCCCCCCCC/C=C/C(O)C(COC1OC(CO)C(OC2OC(CO)C(O)C(O)C2O)C(O)C1O)NC(=O)CCCCCCCCCCCCCCCCCCCCCCCCCCCCCCCCC. The molecule has 0 aliphatic carbocycles. The third-order valence-corrected chi connectivity index (χ3v) is 20.0. The smallest absolute Gasteiger partial charge is 0.220 e. The minimum Gasteiger partial charge on any atom is -0.394 e. The zero-order chi connectivity index (χ0) is 66.6. The van der Waals surface area contributed by atoms with E-state index in [0.717, 1.165) is 44.9 Å². The van der Waals surface area contributed by atoms with Crippen molar-refractivity contribution in [3.05, 3.63) is 12.2 Å². The van der Waals surface area contributed by atoms with Gasteiger partial charge >= 0.3 is 0 Å². The highest BCUT2D eigenvalue weighted by Crippen LogP contribution is 2.30. The molecule has 2 heterocycles. The number of carbonyl (C=O) groups is 1. The lowest BCUT2D eigenvalue weighted by Crippen LogP contribution is -2.65. The van der Waals surface area contributed by atoms with Crippen molar-refractivity contribution < 1.29 is 64.6 Å². The van der Waals surface area contributed by atoms with Gasteiger partial charge in [0.25, 0.3) is 0 Å². The second-order valence-corrected chi connectivity index (χ2v) is 28.6. The van der Waals surface area contributed by atoms with Gasteiger partial charge in [-0.3, -0.25) is 4.79 Å². The Hall–Kier alpha value is -1.27. The highest BCUT2D eigenvalue weighted by Gasteiger charge is 2.51. The van der Waals surface area contributed by atoms with Crippen LogP contribution in [0.25, 0.3) is 0 Å². The lowest BCUT2D eigenvalue weighted by molar-refractivity contribution is -0.359. The standard InChI is InChI=1S/C78H151NO13/c1-3-5-7-9-11-13-15-17-19-21-23-25-27-29-31-32-33-34-36-38-40-42-44-46-48-50-52-54-56-58-60-62-70(83)79-66(65-89-77-75(88)73(86)76(69(64-81)91-77)92-78-74(87)72(85)71(84)68(63-80)90-78)67(82)61-59-57-55-53-51-49-47-45-43-41-39-37-35-30-28-26-24-22-20-18-16-14-12-10-8-6-4-2/h59,61,66-69,71-78,80-82,84-88H,3-58,60,62-65H2,1-2H3,(H,79,83)/b61-59+. The van der Waals surface area contributed by atoms with Gasteiger partial charge in [-0.25, -0.2) is 0 Å². The van der Waals surface area contributed by atoms with Gasteiger partial charge in [-0.2, -0.15) is 0 Å². The second kappa shape index (κ2) is 63.2. The molecule has 1 amide bonds. The van der Waals surface area contributed by atoms with E-state index in [9.17, 15) is 45.6 Å². The van der Waals surface area contributed by atoms with E-state index >= 15 is 0 Å². The van der Waals surface area contributed by atoms with Crippen molar-refractivity contribution in [2.24, 2.45) is 0 Å². The molecule has 0 bridgehead atoms. The maximum absolute atomic E-state index is 13.4. The Kier molecular flexibility index (Phi) is 59.6. The first-order valence-electron chi connectivity index (χ1n) is 39.9. The maximum Gasteiger partial charge on any atom is 0.220 e. The third-order valence-electron chi connectivity index (χ3n) is 20.0. The van der Waals surface area contributed by atoms with Crippen molar-refractivity contribution in [1.29, 1.82) is 0 Å². The number of hydrogen-bond acceptors (Lipinski definition) is 13. The Morgan fingerprint density at radius 1 is 0.380 bits per heavy atom. The van der Waals surface area contributed by atoms with Crippen molar-refractivity contribution in [2.45, 2.75) is 460 Å². The van der Waals surface area contributed by atoms with Crippen molar-refractivity contribution in [3.63, 3.8) is 0 Å². The molecule has 9 N–H and O–H groups in total. The highest BCUT2D eigenvalue weighted by atomic mass is 16.7. The molecule has 0 saturated carbocycles. The fourth-order valence-corrected chi connectivity index (χ4v) is 13.7. The van der Waals surface area contributed by atoms with Crippen LogP contribution in [0.1, 0.15) is 386 Å². The van der Waals surface area contributed by atoms with Crippen LogP contribution in [-0.2, 0) is 23.7 Å². The molecular weight excluding hydrogens is 1160 g/mol. The van der Waals surface area contributed by atoms with Crippen LogP contribution >= 0.6 is 0 Å². The Morgan fingerprint density at radius 2 is 0.674 bits per heavy atom. The number of carbonyl (C=O) groups excluding carboxylic acids is 1. The van der Waals surface area contributed by atoms with E-state index in [-0.39, 0.29) is 18.9 Å². The summed E-state index contributed by atoms with van der Waals surface area (Å²) in [5.74, 6) is -0.229. The molecule has 2 aliphatic rings. The van der Waals surface area contributed by atoms with Crippen LogP contribution in [-0.4, -0.2) is 140 Å². The molecule has 0 aromatic rings. The minimum atomic E-state index is -1.79. The summed E-state index contributed by atoms with van der Waals surface area (Å²) < 4.78 is 22.9. The summed E-state index contributed by atoms with van der Waals surface area (Å²) in [6.07, 6.45) is 63.0. The average Bonchev–Trinajstić information content (AvgIpc) is 0.852. The second-order valence-electron chi connectivity index (χ2n) is 28.6. The topological polar surface area (TPSA) is 228 Å². The molecule has 0 aromatic carbocycles. The molecule has 2 fully saturated rings. The summed E-state index contributed by atoms with van der Waals surface area (Å²) in [5, 5.41) is 87.7. The van der Waals surface area contributed by atoms with E-state index < -0.39 is 86.8 Å². The minimum absolute atomic E-state index is 0.229. The van der Waals surface area contributed by atoms with Crippen molar-refractivity contribution in [3.8, 4) is 0 Å². The van der Waals surface area contributed by atoms with Crippen LogP contribution < -0.4 is 5.32 Å². The van der Waals surface area contributed by atoms with Gasteiger partial charge in [0.2, 0.25) is 5.91 Å². The van der Waals surface area contributed by atoms with Crippen LogP contribution in [0.3, 0.4) is 0 Å². The van der Waals surface area contributed by atoms with Gasteiger partial charge in [-0.05, 0) is 19.3 Å². The summed E-state index contributed by atoms with van der Waals surface area (Å²) in [5.41, 5.74) is 0. The number of amides is 1. The summed E-state index contributed by atoms with van der Waals surface area (Å²) in [4.78, 5) is 13.4. The molecule has 0 spiro atoms. The van der Waals surface area contributed by atoms with Gasteiger partial charge in [0.05, 0.1) is 32.0 Å². The third kappa shape index (κ3) is 46.1. The predicted molar refractivity (Wildman–Crippen MR) is 379 cm³/mol. The summed E-state index contributed by atoms with van der Waals surface area (Å²) >= 11 is 0. The zero-order valence-corrected chi connectivity index (χ0v) is 59.8. The molecule has 0 radical (unpaired) electrons. The zero-order valence-electron chi connectivity index (χ0n) is 59.8. The van der Waals surface area contributed by atoms with Crippen LogP contribution in [0, 0.1) is 0 Å². The average molecular weight is 1310 g/mol. The molecule has 14 nitrogen and oxygen atoms in total. The van der Waals surface area contributed by atoms with E-state index in [1.807, 2.05) is 6.08 Å². The summed E-state index contributed by atoms with van der Waals surface area (Å²) in [7, 11) is 0. The Morgan fingerprint density at radius 3 is 1.00 bits per heavy atom. The molecule has 2 rings (SSSR count). The molecular formula is C78H151NO13. The van der Waals surface area contributed by atoms with E-state index in [1.54, 1.807) is 6.08 Å². The van der Waals surface area contributed by atoms with Crippen molar-refractivity contribution in [2.75, 3.05) is 19.8 Å². The van der Waals surface area contributed by atoms with Crippen LogP contribution in [0.4, 0.5) is 0 Å². The molecule has 12 unspecified atom stereocenters. The lowest BCUT2D eigenvalue weighted by atomic mass is 9.97. The first-order chi connectivity index (χ1) is 45.1. The van der Waals surface area contributed by atoms with Crippen molar-refractivity contribution >= 4 is 5.91 Å². The maximum atomic E-state index is 13.4. The summed E-state index contributed by atoms with van der Waals surface area (Å²) in [6.45, 7) is 2.88. The first kappa shape index (κ1) is 86.8. The van der Waals surface area contributed by atoms with Crippen LogP contribution in [0.15, 0.2) is 12.2 Å². The number of unbranched alkanes of at least 4 members (excludes halogenated alkanes) is 55. The molecule has 2 aliphatic heterocycles.